The Labute approximate surface area is 185 Å². The number of carbonyl (C=O) groups is 3. The minimum Gasteiger partial charge on any atom is -0.452 e. The first kappa shape index (κ1) is 21.5. The predicted molar refractivity (Wildman–Crippen MR) is 120 cm³/mol. The molecular weight excluding hydrogens is 410 g/mol. The molecule has 1 aliphatic rings. The highest BCUT2D eigenvalue weighted by atomic mass is 16.5. The lowest BCUT2D eigenvalue weighted by Gasteiger charge is -2.11. The van der Waals surface area contributed by atoms with Gasteiger partial charge >= 0.3 is 5.97 Å². The summed E-state index contributed by atoms with van der Waals surface area (Å²) in [7, 11) is 0. The summed E-state index contributed by atoms with van der Waals surface area (Å²) in [6.07, 6.45) is 3.71. The molecule has 0 spiro atoms. The summed E-state index contributed by atoms with van der Waals surface area (Å²) in [6.45, 7) is 5.00. The largest absolute Gasteiger partial charge is 0.452 e. The molecule has 32 heavy (non-hydrogen) atoms. The van der Waals surface area contributed by atoms with Gasteiger partial charge in [-0.25, -0.2) is 14.5 Å². The van der Waals surface area contributed by atoms with Crippen molar-refractivity contribution in [3.63, 3.8) is 0 Å². The first-order valence-electron chi connectivity index (χ1n) is 10.5. The molecule has 166 valence electrons. The van der Waals surface area contributed by atoms with Gasteiger partial charge in [0.15, 0.2) is 12.3 Å². The van der Waals surface area contributed by atoms with E-state index in [-0.39, 0.29) is 11.9 Å². The Morgan fingerprint density at radius 2 is 1.78 bits per heavy atom. The average molecular weight is 435 g/mol. The van der Waals surface area contributed by atoms with Gasteiger partial charge in [-0.05, 0) is 57.0 Å². The highest BCUT2D eigenvalue weighted by molar-refractivity contribution is 6.04. The fourth-order valence-electron chi connectivity index (χ4n) is 3.42. The van der Waals surface area contributed by atoms with E-state index >= 15 is 0 Å². The van der Waals surface area contributed by atoms with Crippen molar-refractivity contribution in [2.24, 2.45) is 0 Å². The van der Waals surface area contributed by atoms with Crippen molar-refractivity contribution in [3.8, 4) is 0 Å². The fraction of sp³-hybridized carbons (Fsp3) is 0.348. The quantitative estimate of drug-likeness (QED) is 0.548. The molecular formula is C23H25N5O4. The molecule has 0 saturated heterocycles. The zero-order chi connectivity index (χ0) is 22.8. The van der Waals surface area contributed by atoms with Crippen molar-refractivity contribution in [2.75, 3.05) is 17.2 Å². The van der Waals surface area contributed by atoms with Crippen LogP contribution in [0.4, 0.5) is 11.4 Å². The number of amides is 2. The van der Waals surface area contributed by atoms with Crippen LogP contribution in [-0.2, 0) is 14.3 Å². The number of hydrogen-bond donors (Lipinski definition) is 2. The van der Waals surface area contributed by atoms with Crippen LogP contribution in [0.2, 0.25) is 0 Å². The third kappa shape index (κ3) is 4.77. The Bertz CT molecular complexity index is 1180. The highest BCUT2D eigenvalue weighted by Gasteiger charge is 2.28. The number of fused-ring (bicyclic) bond motifs is 1. The number of ether oxygens (including phenoxy) is 1. The van der Waals surface area contributed by atoms with Crippen LogP contribution in [0.1, 0.15) is 61.6 Å². The van der Waals surface area contributed by atoms with Crippen LogP contribution in [0.3, 0.4) is 0 Å². The zero-order valence-corrected chi connectivity index (χ0v) is 18.2. The first-order chi connectivity index (χ1) is 15.3. The van der Waals surface area contributed by atoms with Gasteiger partial charge in [0.1, 0.15) is 0 Å². The summed E-state index contributed by atoms with van der Waals surface area (Å²) >= 11 is 0. The Hall–Kier alpha value is -3.75. The zero-order valence-electron chi connectivity index (χ0n) is 18.2. The Morgan fingerprint density at radius 3 is 2.38 bits per heavy atom. The highest BCUT2D eigenvalue weighted by Crippen LogP contribution is 2.40. The lowest BCUT2D eigenvalue weighted by atomic mass is 10.1. The molecule has 3 aromatic rings. The minimum atomic E-state index is -0.584. The van der Waals surface area contributed by atoms with E-state index in [1.807, 2.05) is 13.8 Å². The van der Waals surface area contributed by atoms with Gasteiger partial charge in [-0.2, -0.15) is 5.10 Å². The number of nitrogens with zero attached hydrogens (tertiary/aromatic N) is 3. The lowest BCUT2D eigenvalue weighted by molar-refractivity contribution is -0.119. The molecule has 2 amide bonds. The minimum absolute atomic E-state index is 0.0983. The van der Waals surface area contributed by atoms with Crippen LogP contribution in [0, 0.1) is 0 Å². The maximum Gasteiger partial charge on any atom is 0.339 e. The van der Waals surface area contributed by atoms with Crippen LogP contribution in [0.25, 0.3) is 11.0 Å². The SMILES string of the molecule is CC(=O)Nc1ccc(NC(=O)COC(=O)c2cc(C3CC3)nc3c2cnn3C(C)C)cc1. The number of hydrogen-bond acceptors (Lipinski definition) is 6. The van der Waals surface area contributed by atoms with E-state index in [0.717, 1.165) is 18.5 Å². The molecule has 2 aromatic heterocycles. The number of anilines is 2. The second-order valence-electron chi connectivity index (χ2n) is 8.17. The Morgan fingerprint density at radius 1 is 1.12 bits per heavy atom. The molecule has 1 saturated carbocycles. The van der Waals surface area contributed by atoms with Crippen molar-refractivity contribution in [1.82, 2.24) is 14.8 Å². The molecule has 1 aromatic carbocycles. The third-order valence-corrected chi connectivity index (χ3v) is 5.11. The molecule has 0 unspecified atom stereocenters. The number of benzene rings is 1. The van der Waals surface area contributed by atoms with Crippen LogP contribution in [0.5, 0.6) is 0 Å². The normalized spacial score (nSPS) is 13.2. The van der Waals surface area contributed by atoms with Gasteiger partial charge in [0.25, 0.3) is 5.91 Å². The standard InChI is InChI=1S/C23H25N5O4/c1-13(2)28-22-19(11-24-28)18(10-20(27-22)15-4-5-15)23(31)32-12-21(30)26-17-8-6-16(7-9-17)25-14(3)29/h6-11,13,15H,4-5,12H2,1-3H3,(H,25,29)(H,26,30). The molecule has 1 fully saturated rings. The molecule has 2 N–H and O–H groups in total. The number of aromatic nitrogens is 3. The lowest BCUT2D eigenvalue weighted by Crippen LogP contribution is -2.21. The van der Waals surface area contributed by atoms with E-state index in [2.05, 4.69) is 15.7 Å². The van der Waals surface area contributed by atoms with E-state index in [1.54, 1.807) is 41.2 Å². The second kappa shape index (κ2) is 8.78. The molecule has 0 bridgehead atoms. The monoisotopic (exact) mass is 435 g/mol. The van der Waals surface area contributed by atoms with Crippen molar-refractivity contribution in [3.05, 3.63) is 47.8 Å². The maximum absolute atomic E-state index is 12.8. The Balaban J connectivity index is 1.44. The molecule has 9 nitrogen and oxygen atoms in total. The number of pyridine rings is 1. The molecule has 0 radical (unpaired) electrons. The maximum atomic E-state index is 12.8. The summed E-state index contributed by atoms with van der Waals surface area (Å²) in [4.78, 5) is 40.9. The Kier molecular flexibility index (Phi) is 5.89. The van der Waals surface area contributed by atoms with Crippen LogP contribution < -0.4 is 10.6 Å². The van der Waals surface area contributed by atoms with Gasteiger partial charge in [-0.15, -0.1) is 0 Å². The number of rotatable bonds is 7. The van der Waals surface area contributed by atoms with Crippen molar-refractivity contribution < 1.29 is 19.1 Å². The molecule has 0 atom stereocenters. The number of carbonyl (C=O) groups excluding carboxylic acids is 3. The summed E-state index contributed by atoms with van der Waals surface area (Å²) in [5.41, 5.74) is 3.03. The van der Waals surface area contributed by atoms with E-state index in [4.69, 9.17) is 9.72 Å². The molecule has 2 heterocycles. The fourth-order valence-corrected chi connectivity index (χ4v) is 3.42. The van der Waals surface area contributed by atoms with Gasteiger partial charge in [0.2, 0.25) is 5.91 Å². The smallest absolute Gasteiger partial charge is 0.339 e. The summed E-state index contributed by atoms with van der Waals surface area (Å²) in [5.74, 6) is -0.872. The van der Waals surface area contributed by atoms with Gasteiger partial charge < -0.3 is 15.4 Å². The molecule has 1 aliphatic carbocycles. The van der Waals surface area contributed by atoms with E-state index in [0.29, 0.717) is 33.9 Å². The summed E-state index contributed by atoms with van der Waals surface area (Å²) in [5, 5.41) is 10.3. The molecule has 9 heteroatoms. The van der Waals surface area contributed by atoms with E-state index < -0.39 is 18.5 Å². The first-order valence-corrected chi connectivity index (χ1v) is 10.5. The van der Waals surface area contributed by atoms with Crippen LogP contribution >= 0.6 is 0 Å². The van der Waals surface area contributed by atoms with Crippen molar-refractivity contribution >= 4 is 40.2 Å². The summed E-state index contributed by atoms with van der Waals surface area (Å²) in [6, 6.07) is 8.50. The second-order valence-corrected chi connectivity index (χ2v) is 8.17. The van der Waals surface area contributed by atoms with Crippen LogP contribution in [0.15, 0.2) is 36.5 Å². The average Bonchev–Trinajstić information content (AvgIpc) is 3.51. The third-order valence-electron chi connectivity index (χ3n) is 5.11. The van der Waals surface area contributed by atoms with Crippen molar-refractivity contribution in [1.29, 1.82) is 0 Å². The summed E-state index contributed by atoms with van der Waals surface area (Å²) < 4.78 is 7.09. The predicted octanol–water partition coefficient (Wildman–Crippen LogP) is 3.64. The van der Waals surface area contributed by atoms with Gasteiger partial charge in [-0.3, -0.25) is 9.59 Å². The van der Waals surface area contributed by atoms with E-state index in [9.17, 15) is 14.4 Å². The van der Waals surface area contributed by atoms with Gasteiger partial charge in [-0.1, -0.05) is 0 Å². The van der Waals surface area contributed by atoms with Gasteiger partial charge in [0.05, 0.1) is 17.1 Å². The van der Waals surface area contributed by atoms with Crippen molar-refractivity contribution in [2.45, 2.75) is 45.6 Å². The van der Waals surface area contributed by atoms with Gasteiger partial charge in [0, 0.05) is 36.0 Å². The molecule has 4 rings (SSSR count). The topological polar surface area (TPSA) is 115 Å². The van der Waals surface area contributed by atoms with Crippen LogP contribution in [-0.4, -0.2) is 39.2 Å². The van der Waals surface area contributed by atoms with E-state index in [1.165, 1.54) is 6.92 Å². The molecule has 0 aliphatic heterocycles. The number of esters is 1. The number of nitrogens with one attached hydrogen (secondary N) is 2.